The number of hydrogen-bond acceptors (Lipinski definition) is 3. The van der Waals surface area contributed by atoms with E-state index in [0.717, 1.165) is 17.8 Å². The summed E-state index contributed by atoms with van der Waals surface area (Å²) < 4.78 is 0. The molecule has 4 N–H and O–H groups in total. The van der Waals surface area contributed by atoms with Crippen LogP contribution in [0.3, 0.4) is 0 Å². The van der Waals surface area contributed by atoms with E-state index in [1.165, 1.54) is 6.21 Å². The predicted octanol–water partition coefficient (Wildman–Crippen LogP) is 0.478. The highest BCUT2D eigenvalue weighted by atomic mass is 14.9. The van der Waals surface area contributed by atoms with Gasteiger partial charge in [-0.3, -0.25) is 0 Å². The van der Waals surface area contributed by atoms with Crippen molar-refractivity contribution in [2.75, 3.05) is 13.1 Å². The van der Waals surface area contributed by atoms with E-state index < -0.39 is 0 Å². The first-order valence-electron chi connectivity index (χ1n) is 3.40. The lowest BCUT2D eigenvalue weighted by Crippen LogP contribution is -2.16. The zero-order chi connectivity index (χ0) is 7.98. The zero-order valence-corrected chi connectivity index (χ0v) is 6.57. The summed E-state index contributed by atoms with van der Waals surface area (Å²) in [4.78, 5) is 0. The molecule has 0 bridgehead atoms. The molecule has 0 saturated heterocycles. The van der Waals surface area contributed by atoms with E-state index in [1.54, 1.807) is 0 Å². The van der Waals surface area contributed by atoms with E-state index >= 15 is 0 Å². The van der Waals surface area contributed by atoms with Gasteiger partial charge in [0.05, 0.1) is 0 Å². The summed E-state index contributed by atoms with van der Waals surface area (Å²) in [5, 5.41) is 10.1. The molecular weight excluding hydrogens is 126 g/mol. The summed E-state index contributed by atoms with van der Waals surface area (Å²) in [6.07, 6.45) is 1.29. The minimum absolute atomic E-state index is 0.433. The Hall–Kier alpha value is -0.830. The second kappa shape index (κ2) is 4.99. The van der Waals surface area contributed by atoms with Crippen molar-refractivity contribution in [1.82, 2.24) is 5.32 Å². The molecule has 0 aromatic heterocycles. The minimum atomic E-state index is 0.433. The van der Waals surface area contributed by atoms with Gasteiger partial charge in [-0.25, -0.2) is 0 Å². The fraction of sp³-hybridized carbons (Fsp3) is 0.571. The second-order valence-corrected chi connectivity index (χ2v) is 2.03. The molecule has 0 heterocycles. The van der Waals surface area contributed by atoms with E-state index in [1.807, 2.05) is 13.8 Å². The molecule has 0 aliphatic rings. The van der Waals surface area contributed by atoms with Gasteiger partial charge in [0.2, 0.25) is 0 Å². The van der Waals surface area contributed by atoms with Crippen LogP contribution in [0, 0.1) is 5.41 Å². The van der Waals surface area contributed by atoms with Crippen molar-refractivity contribution >= 4 is 6.21 Å². The van der Waals surface area contributed by atoms with Gasteiger partial charge in [0, 0.05) is 30.6 Å². The monoisotopic (exact) mass is 141 g/mol. The van der Waals surface area contributed by atoms with E-state index in [0.29, 0.717) is 6.54 Å². The topological polar surface area (TPSA) is 61.9 Å². The quantitative estimate of drug-likeness (QED) is 0.499. The van der Waals surface area contributed by atoms with Crippen molar-refractivity contribution in [2.45, 2.75) is 13.8 Å². The highest BCUT2D eigenvalue weighted by Crippen LogP contribution is 1.93. The van der Waals surface area contributed by atoms with E-state index in [-0.39, 0.29) is 0 Å². The Labute approximate surface area is 61.8 Å². The Morgan fingerprint density at radius 2 is 2.30 bits per heavy atom. The van der Waals surface area contributed by atoms with Crippen molar-refractivity contribution in [3.05, 3.63) is 11.3 Å². The largest absolute Gasteiger partial charge is 0.389 e. The lowest BCUT2D eigenvalue weighted by Gasteiger charge is -2.05. The number of nitrogens with two attached hydrogens (primary N) is 1. The molecule has 10 heavy (non-hydrogen) atoms. The minimum Gasteiger partial charge on any atom is -0.389 e. The summed E-state index contributed by atoms with van der Waals surface area (Å²) in [7, 11) is 0. The van der Waals surface area contributed by atoms with Crippen molar-refractivity contribution < 1.29 is 0 Å². The van der Waals surface area contributed by atoms with Crippen LogP contribution >= 0.6 is 0 Å². The third-order valence-electron chi connectivity index (χ3n) is 1.32. The number of rotatable bonds is 4. The fourth-order valence-electron chi connectivity index (χ4n) is 0.699. The Morgan fingerprint density at radius 3 is 2.60 bits per heavy atom. The average molecular weight is 141 g/mol. The molecule has 0 aliphatic heterocycles. The van der Waals surface area contributed by atoms with Crippen molar-refractivity contribution in [1.29, 1.82) is 5.41 Å². The van der Waals surface area contributed by atoms with Crippen LogP contribution in [-0.2, 0) is 0 Å². The molecule has 0 aromatic carbocycles. The highest BCUT2D eigenvalue weighted by Gasteiger charge is 1.93. The first-order valence-corrected chi connectivity index (χ1v) is 3.40. The summed E-state index contributed by atoms with van der Waals surface area (Å²) in [6, 6.07) is 0. The Kier molecular flexibility index (Phi) is 4.58. The molecule has 0 saturated carbocycles. The molecule has 0 rings (SSSR count). The van der Waals surface area contributed by atoms with Crippen LogP contribution < -0.4 is 11.1 Å². The molecule has 0 atom stereocenters. The van der Waals surface area contributed by atoms with Gasteiger partial charge in [0.1, 0.15) is 0 Å². The second-order valence-electron chi connectivity index (χ2n) is 2.03. The first-order chi connectivity index (χ1) is 4.76. The zero-order valence-electron chi connectivity index (χ0n) is 6.57. The molecule has 0 fully saturated rings. The van der Waals surface area contributed by atoms with Gasteiger partial charge >= 0.3 is 0 Å². The molecule has 0 unspecified atom stereocenters. The van der Waals surface area contributed by atoms with Crippen LogP contribution in [0.2, 0.25) is 0 Å². The molecule has 3 heteroatoms. The number of nitrogens with one attached hydrogen (secondary N) is 2. The fourth-order valence-corrected chi connectivity index (χ4v) is 0.699. The van der Waals surface area contributed by atoms with E-state index in [2.05, 4.69) is 5.32 Å². The SMILES string of the molecule is CCN/C(C)=C(\C=N)CN. The maximum absolute atomic E-state index is 6.97. The van der Waals surface area contributed by atoms with Crippen molar-refractivity contribution in [3.8, 4) is 0 Å². The Balaban J connectivity index is 4.12. The number of allylic oxidation sites excluding steroid dienone is 1. The van der Waals surface area contributed by atoms with Gasteiger partial charge in [-0.2, -0.15) is 0 Å². The van der Waals surface area contributed by atoms with E-state index in [4.69, 9.17) is 11.1 Å². The normalized spacial score (nSPS) is 12.3. The van der Waals surface area contributed by atoms with Crippen LogP contribution in [0.5, 0.6) is 0 Å². The lowest BCUT2D eigenvalue weighted by molar-refractivity contribution is 0.841. The lowest BCUT2D eigenvalue weighted by atomic mass is 10.2. The molecule has 0 spiro atoms. The molecule has 58 valence electrons. The standard InChI is InChI=1S/C7H15N3/c1-3-10-6(2)7(4-8)5-9/h4,8,10H,3,5,9H2,1-2H3/b7-6+,8-4?. The molecule has 3 nitrogen and oxygen atoms in total. The van der Waals surface area contributed by atoms with Crippen LogP contribution in [0.1, 0.15) is 13.8 Å². The molecule has 0 aromatic rings. The summed E-state index contributed by atoms with van der Waals surface area (Å²) in [5.41, 5.74) is 7.23. The highest BCUT2D eigenvalue weighted by molar-refractivity contribution is 5.77. The van der Waals surface area contributed by atoms with Crippen LogP contribution in [0.4, 0.5) is 0 Å². The molecule has 0 amide bonds. The summed E-state index contributed by atoms with van der Waals surface area (Å²) in [5.74, 6) is 0. The number of hydrogen-bond donors (Lipinski definition) is 3. The van der Waals surface area contributed by atoms with Gasteiger partial charge in [-0.15, -0.1) is 0 Å². The average Bonchev–Trinajstić information content (AvgIpc) is 1.91. The maximum atomic E-state index is 6.97. The van der Waals surface area contributed by atoms with Gasteiger partial charge in [0.25, 0.3) is 0 Å². The summed E-state index contributed by atoms with van der Waals surface area (Å²) >= 11 is 0. The third kappa shape index (κ3) is 2.64. The predicted molar refractivity (Wildman–Crippen MR) is 44.2 cm³/mol. The Bertz CT molecular complexity index is 138. The van der Waals surface area contributed by atoms with Gasteiger partial charge in [-0.1, -0.05) is 0 Å². The van der Waals surface area contributed by atoms with Crippen molar-refractivity contribution in [3.63, 3.8) is 0 Å². The van der Waals surface area contributed by atoms with Crippen LogP contribution in [0.25, 0.3) is 0 Å². The van der Waals surface area contributed by atoms with Gasteiger partial charge in [-0.05, 0) is 13.8 Å². The molecule has 0 radical (unpaired) electrons. The van der Waals surface area contributed by atoms with Gasteiger partial charge in [0.15, 0.2) is 0 Å². The smallest absolute Gasteiger partial charge is 0.0239 e. The van der Waals surface area contributed by atoms with E-state index in [9.17, 15) is 0 Å². The third-order valence-corrected chi connectivity index (χ3v) is 1.32. The summed E-state index contributed by atoms with van der Waals surface area (Å²) in [6.45, 7) is 5.25. The molecule has 0 aliphatic carbocycles. The molecular formula is C7H15N3. The Morgan fingerprint density at radius 1 is 1.70 bits per heavy atom. The van der Waals surface area contributed by atoms with Crippen molar-refractivity contribution in [2.24, 2.45) is 5.73 Å². The first kappa shape index (κ1) is 9.17. The van der Waals surface area contributed by atoms with Crippen LogP contribution in [0.15, 0.2) is 11.3 Å². The van der Waals surface area contributed by atoms with Gasteiger partial charge < -0.3 is 16.5 Å². The van der Waals surface area contributed by atoms with Crippen LogP contribution in [-0.4, -0.2) is 19.3 Å². The maximum Gasteiger partial charge on any atom is 0.0239 e.